The van der Waals surface area contributed by atoms with Gasteiger partial charge in [0.05, 0.1) is 0 Å². The first-order valence-corrected chi connectivity index (χ1v) is 31.5. The second kappa shape index (κ2) is 63.3. The first-order chi connectivity index (χ1) is 37.5. The van der Waals surface area contributed by atoms with Gasteiger partial charge >= 0.3 is 17.9 Å². The molecule has 0 aromatic carbocycles. The van der Waals surface area contributed by atoms with Crippen LogP contribution in [-0.4, -0.2) is 37.2 Å². The van der Waals surface area contributed by atoms with Gasteiger partial charge in [0, 0.05) is 19.3 Å². The molecule has 76 heavy (non-hydrogen) atoms. The number of unbranched alkanes of at least 4 members (excludes halogenated alkanes) is 25. The van der Waals surface area contributed by atoms with Gasteiger partial charge in [-0.1, -0.05) is 277 Å². The van der Waals surface area contributed by atoms with Crippen molar-refractivity contribution in [1.82, 2.24) is 0 Å². The molecule has 1 unspecified atom stereocenters. The Kier molecular flexibility index (Phi) is 59.9. The van der Waals surface area contributed by atoms with E-state index < -0.39 is 6.10 Å². The Hall–Kier alpha value is -4.19. The van der Waals surface area contributed by atoms with Gasteiger partial charge in [-0.2, -0.15) is 0 Å². The van der Waals surface area contributed by atoms with Crippen molar-refractivity contribution in [2.75, 3.05) is 13.2 Å². The van der Waals surface area contributed by atoms with E-state index in [0.717, 1.165) is 103 Å². The summed E-state index contributed by atoms with van der Waals surface area (Å²) < 4.78 is 16.8. The third-order valence-electron chi connectivity index (χ3n) is 13.2. The summed E-state index contributed by atoms with van der Waals surface area (Å²) in [4.78, 5) is 38.2. The van der Waals surface area contributed by atoms with Crippen LogP contribution in [0.3, 0.4) is 0 Å². The molecule has 0 fully saturated rings. The van der Waals surface area contributed by atoms with Gasteiger partial charge < -0.3 is 14.2 Å². The van der Waals surface area contributed by atoms with Gasteiger partial charge in [-0.3, -0.25) is 14.4 Å². The summed E-state index contributed by atoms with van der Waals surface area (Å²) in [5, 5.41) is 0. The molecule has 0 spiro atoms. The molecule has 6 nitrogen and oxygen atoms in total. The molecule has 0 N–H and O–H groups in total. The quantitative estimate of drug-likeness (QED) is 0.0261. The first-order valence-electron chi connectivity index (χ1n) is 31.5. The lowest BCUT2D eigenvalue weighted by Gasteiger charge is -2.18. The van der Waals surface area contributed by atoms with Crippen molar-refractivity contribution in [1.29, 1.82) is 0 Å². The van der Waals surface area contributed by atoms with Gasteiger partial charge in [-0.05, 0) is 109 Å². The molecule has 0 saturated heterocycles. The maximum Gasteiger partial charge on any atom is 0.306 e. The van der Waals surface area contributed by atoms with Crippen LogP contribution in [0.2, 0.25) is 0 Å². The van der Waals surface area contributed by atoms with Gasteiger partial charge in [-0.15, -0.1) is 0 Å². The minimum Gasteiger partial charge on any atom is -0.462 e. The van der Waals surface area contributed by atoms with Crippen LogP contribution in [0.5, 0.6) is 0 Å². The van der Waals surface area contributed by atoms with Crippen molar-refractivity contribution in [2.45, 2.75) is 290 Å². The number of esters is 3. The molecule has 0 aromatic rings. The number of carbonyl (C=O) groups excluding carboxylic acids is 3. The van der Waals surface area contributed by atoms with Gasteiger partial charge in [-0.25, -0.2) is 0 Å². The first kappa shape index (κ1) is 71.8. The molecule has 0 saturated carbocycles. The van der Waals surface area contributed by atoms with Gasteiger partial charge in [0.1, 0.15) is 13.2 Å². The molecule has 0 bridgehead atoms. The summed E-state index contributed by atoms with van der Waals surface area (Å²) in [5.41, 5.74) is 0. The van der Waals surface area contributed by atoms with E-state index in [-0.39, 0.29) is 37.5 Å². The SMILES string of the molecule is CC/C=C\C/C=C\C/C=C\C/C=C\C/C=C\C/C=C\C/C=C\C/C=C\C/C=C\CCCC(=O)OCC(COC(=O)CCCCCCCCCCCCC)OC(=O)CCCCCCCCC/C=C\CCCCCCCCC. The van der Waals surface area contributed by atoms with E-state index in [1.165, 1.54) is 135 Å². The standard InChI is InChI=1S/C70H116O6/c1-4-7-10-13-16-19-22-24-26-28-30-31-32-33-34-35-36-37-38-39-40-42-43-45-48-51-54-57-60-63-69(72)75-66-67(65-74-68(71)62-59-56-53-50-47-21-18-15-12-9-6-3)76-70(73)64-61-58-55-52-49-46-44-41-29-27-25-23-20-17-14-11-8-5-2/h7,10,16,19,24,26-27,29-31,33-34,36-37,39-40,43,45,51,54,67H,4-6,8-9,11-15,17-18,20-23,25,28,32,35,38,41-42,44,46-50,52-53,55-66H2,1-3H3/b10-7-,19-16-,26-24-,29-27-,31-30-,34-33-,37-36-,40-39-,45-43-,54-51-. The Morgan fingerprint density at radius 3 is 0.868 bits per heavy atom. The average Bonchev–Trinajstić information content (AvgIpc) is 3.42. The zero-order chi connectivity index (χ0) is 55.0. The fourth-order valence-corrected chi connectivity index (χ4v) is 8.50. The summed E-state index contributed by atoms with van der Waals surface area (Å²) in [6, 6.07) is 0. The zero-order valence-corrected chi connectivity index (χ0v) is 49.5. The van der Waals surface area contributed by atoms with Crippen molar-refractivity contribution in [3.63, 3.8) is 0 Å². The lowest BCUT2D eigenvalue weighted by atomic mass is 10.1. The smallest absolute Gasteiger partial charge is 0.306 e. The Morgan fingerprint density at radius 1 is 0.276 bits per heavy atom. The highest BCUT2D eigenvalue weighted by atomic mass is 16.6. The van der Waals surface area contributed by atoms with Gasteiger partial charge in [0.2, 0.25) is 0 Å². The second-order valence-corrected chi connectivity index (χ2v) is 20.6. The van der Waals surface area contributed by atoms with Crippen molar-refractivity contribution in [3.05, 3.63) is 122 Å². The molecule has 0 aliphatic heterocycles. The van der Waals surface area contributed by atoms with Crippen LogP contribution >= 0.6 is 0 Å². The van der Waals surface area contributed by atoms with E-state index in [0.29, 0.717) is 19.3 Å². The minimum absolute atomic E-state index is 0.0975. The summed E-state index contributed by atoms with van der Waals surface area (Å²) >= 11 is 0. The Balaban J connectivity index is 4.40. The molecular formula is C70H116O6. The zero-order valence-electron chi connectivity index (χ0n) is 49.5. The fourth-order valence-electron chi connectivity index (χ4n) is 8.50. The highest BCUT2D eigenvalue weighted by molar-refractivity contribution is 5.71. The van der Waals surface area contributed by atoms with Crippen LogP contribution in [0.15, 0.2) is 122 Å². The lowest BCUT2D eigenvalue weighted by Crippen LogP contribution is -2.30. The Labute approximate surface area is 469 Å². The van der Waals surface area contributed by atoms with Crippen LogP contribution in [0.25, 0.3) is 0 Å². The number of carbonyl (C=O) groups is 3. The van der Waals surface area contributed by atoms with E-state index in [1.807, 2.05) is 0 Å². The predicted octanol–water partition coefficient (Wildman–Crippen LogP) is 21.6. The van der Waals surface area contributed by atoms with Crippen LogP contribution < -0.4 is 0 Å². The van der Waals surface area contributed by atoms with Crippen LogP contribution in [-0.2, 0) is 28.6 Å². The molecule has 6 heteroatoms. The van der Waals surface area contributed by atoms with E-state index in [9.17, 15) is 14.4 Å². The van der Waals surface area contributed by atoms with Crippen molar-refractivity contribution in [2.24, 2.45) is 0 Å². The van der Waals surface area contributed by atoms with Crippen molar-refractivity contribution >= 4 is 17.9 Å². The van der Waals surface area contributed by atoms with Gasteiger partial charge in [0.25, 0.3) is 0 Å². The Morgan fingerprint density at radius 2 is 0.526 bits per heavy atom. The van der Waals surface area contributed by atoms with Crippen molar-refractivity contribution < 1.29 is 28.6 Å². The monoisotopic (exact) mass is 1050 g/mol. The van der Waals surface area contributed by atoms with Gasteiger partial charge in [0.15, 0.2) is 6.10 Å². The third-order valence-corrected chi connectivity index (χ3v) is 13.2. The van der Waals surface area contributed by atoms with Crippen LogP contribution in [0.4, 0.5) is 0 Å². The molecule has 0 aromatic heterocycles. The lowest BCUT2D eigenvalue weighted by molar-refractivity contribution is -0.167. The average molecular weight is 1050 g/mol. The number of ether oxygens (including phenoxy) is 3. The van der Waals surface area contributed by atoms with E-state index in [2.05, 4.69) is 142 Å². The molecular weight excluding hydrogens is 937 g/mol. The molecule has 1 atom stereocenters. The predicted molar refractivity (Wildman–Crippen MR) is 330 cm³/mol. The maximum absolute atomic E-state index is 12.9. The number of hydrogen-bond acceptors (Lipinski definition) is 6. The fraction of sp³-hybridized carbons (Fsp3) is 0.671. The maximum atomic E-state index is 12.9. The molecule has 432 valence electrons. The Bertz CT molecular complexity index is 1590. The molecule has 0 rings (SSSR count). The summed E-state index contributed by atoms with van der Waals surface area (Å²) in [6.07, 6.45) is 87.8. The third kappa shape index (κ3) is 60.7. The normalized spacial score (nSPS) is 12.9. The van der Waals surface area contributed by atoms with Crippen molar-refractivity contribution in [3.8, 4) is 0 Å². The molecule has 0 aliphatic carbocycles. The van der Waals surface area contributed by atoms with E-state index in [4.69, 9.17) is 14.2 Å². The highest BCUT2D eigenvalue weighted by Crippen LogP contribution is 2.15. The molecule has 0 amide bonds. The number of rotatable bonds is 56. The molecule has 0 aliphatic rings. The number of allylic oxidation sites excluding steroid dienone is 20. The summed E-state index contributed by atoms with van der Waals surface area (Å²) in [7, 11) is 0. The molecule has 0 heterocycles. The summed E-state index contributed by atoms with van der Waals surface area (Å²) in [5.74, 6) is -0.961. The highest BCUT2D eigenvalue weighted by Gasteiger charge is 2.19. The van der Waals surface area contributed by atoms with Crippen LogP contribution in [0.1, 0.15) is 284 Å². The number of hydrogen-bond donors (Lipinski definition) is 0. The largest absolute Gasteiger partial charge is 0.462 e. The molecule has 0 radical (unpaired) electrons. The topological polar surface area (TPSA) is 78.9 Å². The van der Waals surface area contributed by atoms with E-state index in [1.54, 1.807) is 0 Å². The van der Waals surface area contributed by atoms with Crippen LogP contribution in [0, 0.1) is 0 Å². The summed E-state index contributed by atoms with van der Waals surface area (Å²) in [6.45, 7) is 6.48. The minimum atomic E-state index is -0.805. The van der Waals surface area contributed by atoms with E-state index >= 15 is 0 Å². The second-order valence-electron chi connectivity index (χ2n) is 20.6.